The van der Waals surface area contributed by atoms with Gasteiger partial charge in [-0.15, -0.1) is 24.4 Å². The molecule has 2 unspecified atom stereocenters. The van der Waals surface area contributed by atoms with E-state index in [1.54, 1.807) is 5.01 Å². The van der Waals surface area contributed by atoms with E-state index in [9.17, 15) is 14.7 Å². The molecule has 0 bridgehead atoms. The van der Waals surface area contributed by atoms with Crippen LogP contribution in [-0.4, -0.2) is 53.8 Å². The summed E-state index contributed by atoms with van der Waals surface area (Å²) in [5.74, 6) is -1.03. The summed E-state index contributed by atoms with van der Waals surface area (Å²) < 4.78 is 0.577. The zero-order valence-corrected chi connectivity index (χ0v) is 12.9. The van der Waals surface area contributed by atoms with Crippen molar-refractivity contribution in [2.75, 3.05) is 5.75 Å². The van der Waals surface area contributed by atoms with Gasteiger partial charge in [-0.1, -0.05) is 11.8 Å². The first-order chi connectivity index (χ1) is 9.41. The van der Waals surface area contributed by atoms with E-state index in [2.05, 4.69) is 17.7 Å². The Morgan fingerprint density at radius 3 is 2.85 bits per heavy atom. The average molecular weight is 332 g/mol. The first kappa shape index (κ1) is 14.1. The Morgan fingerprint density at radius 2 is 2.30 bits per heavy atom. The van der Waals surface area contributed by atoms with E-state index in [0.717, 1.165) is 0 Å². The topological polar surface area (TPSA) is 99.2 Å². The number of hydrogen-bond donors (Lipinski definition) is 3. The van der Waals surface area contributed by atoms with Crippen LogP contribution in [-0.2, 0) is 9.59 Å². The number of thioether (sulfide) groups is 2. The van der Waals surface area contributed by atoms with Crippen LogP contribution in [0.15, 0.2) is 16.5 Å². The van der Waals surface area contributed by atoms with Gasteiger partial charge < -0.3 is 10.8 Å². The number of hydrogen-bond acceptors (Lipinski definition) is 7. The Hall–Kier alpha value is -0.840. The monoisotopic (exact) mass is 332 g/mol. The predicted molar refractivity (Wildman–Crippen MR) is 81.0 cm³/mol. The van der Waals surface area contributed by atoms with Gasteiger partial charge in [0.25, 0.3) is 0 Å². The fourth-order valence-electron chi connectivity index (χ4n) is 2.35. The summed E-state index contributed by atoms with van der Waals surface area (Å²) in [7, 11) is 0. The molecular formula is C10H12N4O3S3. The van der Waals surface area contributed by atoms with Gasteiger partial charge >= 0.3 is 5.97 Å². The molecule has 3 aliphatic heterocycles. The molecule has 0 aromatic carbocycles. The molecule has 20 heavy (non-hydrogen) atoms. The van der Waals surface area contributed by atoms with Crippen LogP contribution in [0.3, 0.4) is 0 Å². The van der Waals surface area contributed by atoms with Crippen molar-refractivity contribution in [1.29, 1.82) is 0 Å². The molecule has 3 rings (SSSR count). The lowest BCUT2D eigenvalue weighted by molar-refractivity contribution is -0.148. The summed E-state index contributed by atoms with van der Waals surface area (Å²) in [5.41, 5.74) is 6.20. The van der Waals surface area contributed by atoms with E-state index in [0.29, 0.717) is 15.8 Å². The highest BCUT2D eigenvalue weighted by atomic mass is 32.2. The maximum absolute atomic E-state index is 11.8. The second kappa shape index (κ2) is 4.86. The Bertz CT molecular complexity index is 564. The van der Waals surface area contributed by atoms with E-state index in [4.69, 9.17) is 5.73 Å². The van der Waals surface area contributed by atoms with E-state index in [-0.39, 0.29) is 22.4 Å². The van der Waals surface area contributed by atoms with Gasteiger partial charge in [0, 0.05) is 5.75 Å². The van der Waals surface area contributed by atoms with E-state index >= 15 is 0 Å². The minimum atomic E-state index is -1.13. The molecule has 0 spiro atoms. The number of fused-ring (bicyclic) bond motifs is 1. The van der Waals surface area contributed by atoms with Gasteiger partial charge in [-0.2, -0.15) is 5.10 Å². The predicted octanol–water partition coefficient (Wildman–Crippen LogP) is 0.121. The Morgan fingerprint density at radius 1 is 1.60 bits per heavy atom. The zero-order chi connectivity index (χ0) is 14.6. The summed E-state index contributed by atoms with van der Waals surface area (Å²) in [4.78, 5) is 24.6. The maximum atomic E-state index is 11.8. The lowest BCUT2D eigenvalue weighted by Crippen LogP contribution is -2.68. The zero-order valence-electron chi connectivity index (χ0n) is 10.4. The minimum absolute atomic E-state index is 0.0142. The van der Waals surface area contributed by atoms with Crippen molar-refractivity contribution < 1.29 is 14.7 Å². The molecule has 7 nitrogen and oxygen atoms in total. The van der Waals surface area contributed by atoms with Gasteiger partial charge in [-0.25, -0.2) is 4.79 Å². The molecule has 10 heteroatoms. The smallest absolute Gasteiger partial charge is 0.354 e. The molecule has 3 heterocycles. The molecular weight excluding hydrogens is 320 g/mol. The highest BCUT2D eigenvalue weighted by Crippen LogP contribution is 2.43. The molecule has 0 saturated carbocycles. The minimum Gasteiger partial charge on any atom is -0.477 e. The number of hydrazone groups is 1. The van der Waals surface area contributed by atoms with Gasteiger partial charge in [-0.3, -0.25) is 14.7 Å². The number of nitrogens with two attached hydrogens (primary N) is 1. The van der Waals surface area contributed by atoms with Gasteiger partial charge in [-0.05, 0) is 6.92 Å². The molecule has 1 fully saturated rings. The maximum Gasteiger partial charge on any atom is 0.354 e. The van der Waals surface area contributed by atoms with E-state index in [1.807, 2.05) is 6.92 Å². The Labute approximate surface area is 129 Å². The Kier molecular flexibility index (Phi) is 3.43. The third-order valence-corrected chi connectivity index (χ3v) is 5.81. The largest absolute Gasteiger partial charge is 0.477 e. The molecule has 0 radical (unpaired) electrons. The molecule has 0 aromatic rings. The van der Waals surface area contributed by atoms with E-state index < -0.39 is 12.0 Å². The normalized spacial score (nSPS) is 33.0. The number of aliphatic carboxylic acids is 1. The van der Waals surface area contributed by atoms with Crippen molar-refractivity contribution in [1.82, 2.24) is 9.91 Å². The van der Waals surface area contributed by atoms with E-state index in [1.165, 1.54) is 28.4 Å². The van der Waals surface area contributed by atoms with Crippen LogP contribution in [0, 0.1) is 0 Å². The summed E-state index contributed by atoms with van der Waals surface area (Å²) >= 11 is 7.08. The quantitative estimate of drug-likeness (QED) is 0.488. The van der Waals surface area contributed by atoms with Gasteiger partial charge in [0.1, 0.15) is 21.2 Å². The highest BCUT2D eigenvalue weighted by molar-refractivity contribution is 8.32. The lowest BCUT2D eigenvalue weighted by Gasteiger charge is -2.48. The first-order valence-electron chi connectivity index (χ1n) is 5.82. The summed E-state index contributed by atoms with van der Waals surface area (Å²) in [6.07, 6.45) is 0. The SMILES string of the molecule is CC1SC(S)=NN1C1=C(C(=O)O)N2C(=O)C(N)[C@@H]2SC1. The summed E-state index contributed by atoms with van der Waals surface area (Å²) in [6.45, 7) is 1.91. The highest BCUT2D eigenvalue weighted by Gasteiger charge is 2.53. The number of carbonyl (C=O) groups is 2. The third-order valence-electron chi connectivity index (χ3n) is 3.28. The van der Waals surface area contributed by atoms with Crippen LogP contribution in [0.25, 0.3) is 0 Å². The third kappa shape index (κ3) is 1.93. The fourth-order valence-corrected chi connectivity index (χ4v) is 4.90. The molecule has 108 valence electrons. The summed E-state index contributed by atoms with van der Waals surface area (Å²) in [5, 5.41) is 15.0. The van der Waals surface area contributed by atoms with Gasteiger partial charge in [0.15, 0.2) is 5.70 Å². The molecule has 3 aliphatic rings. The first-order valence-corrected chi connectivity index (χ1v) is 8.19. The number of carboxylic acid groups (broad SMARTS) is 1. The number of amides is 1. The van der Waals surface area contributed by atoms with Crippen LogP contribution in [0.2, 0.25) is 0 Å². The van der Waals surface area contributed by atoms with Crippen molar-refractivity contribution in [2.24, 2.45) is 10.8 Å². The van der Waals surface area contributed by atoms with Crippen LogP contribution >= 0.6 is 36.2 Å². The fraction of sp³-hybridized carbons (Fsp3) is 0.500. The molecule has 0 aliphatic carbocycles. The summed E-state index contributed by atoms with van der Waals surface area (Å²) in [6, 6.07) is -0.620. The van der Waals surface area contributed by atoms with Crippen molar-refractivity contribution >= 4 is 52.4 Å². The molecule has 3 atom stereocenters. The number of carbonyl (C=O) groups excluding carboxylic acids is 1. The van der Waals surface area contributed by atoms with Crippen molar-refractivity contribution in [3.8, 4) is 0 Å². The number of thiol groups is 1. The van der Waals surface area contributed by atoms with Crippen LogP contribution in [0.4, 0.5) is 0 Å². The van der Waals surface area contributed by atoms with Crippen LogP contribution in [0.5, 0.6) is 0 Å². The number of nitrogens with zero attached hydrogens (tertiary/aromatic N) is 3. The second-order valence-corrected chi connectivity index (χ2v) is 7.62. The van der Waals surface area contributed by atoms with Crippen molar-refractivity contribution in [3.05, 3.63) is 11.4 Å². The van der Waals surface area contributed by atoms with Gasteiger partial charge in [0.05, 0.1) is 5.70 Å². The lowest BCUT2D eigenvalue weighted by atomic mass is 10.1. The number of rotatable bonds is 2. The van der Waals surface area contributed by atoms with Crippen molar-refractivity contribution in [2.45, 2.75) is 23.7 Å². The van der Waals surface area contributed by atoms with Gasteiger partial charge in [0.2, 0.25) is 5.91 Å². The molecule has 3 N–H and O–H groups in total. The molecule has 1 amide bonds. The standard InChI is InChI=1S/C10H12N4O3S3/c1-3-14(12-10(18)20-3)4-2-19-8-5(11)7(15)13(8)6(4)9(16)17/h3,5,8H,2,11H2,1H3,(H,12,18)(H,16,17)/t3?,5?,8-/m0/s1. The number of β-lactam (4-membered cyclic amide) rings is 1. The van der Waals surface area contributed by atoms with Crippen molar-refractivity contribution in [3.63, 3.8) is 0 Å². The molecule has 0 aromatic heterocycles. The average Bonchev–Trinajstić information content (AvgIpc) is 2.74. The van der Waals surface area contributed by atoms with Crippen LogP contribution < -0.4 is 5.73 Å². The number of carboxylic acids is 1. The van der Waals surface area contributed by atoms with Crippen LogP contribution in [0.1, 0.15) is 6.92 Å². The second-order valence-electron chi connectivity index (χ2n) is 4.48. The molecule has 1 saturated heterocycles. The Balaban J connectivity index is 2.03.